The van der Waals surface area contributed by atoms with Gasteiger partial charge in [-0.25, -0.2) is 0 Å². The van der Waals surface area contributed by atoms with Crippen LogP contribution in [-0.4, -0.2) is 0 Å². The molecule has 0 amide bonds. The van der Waals surface area contributed by atoms with E-state index in [4.69, 9.17) is 0 Å². The first-order valence-electron chi connectivity index (χ1n) is 7.67. The summed E-state index contributed by atoms with van der Waals surface area (Å²) in [6.45, 7) is 0. The van der Waals surface area contributed by atoms with Gasteiger partial charge >= 0.3 is 0 Å². The van der Waals surface area contributed by atoms with Crippen molar-refractivity contribution < 1.29 is 4.57 Å². The molecule has 0 aliphatic rings. The Morgan fingerprint density at radius 1 is 0.636 bits per heavy atom. The SMILES string of the molecule is C[n+]1c(Cc2ccccc2)c2ccccc2c2ccccc21. The van der Waals surface area contributed by atoms with Crippen molar-refractivity contribution in [3.8, 4) is 0 Å². The number of benzene rings is 3. The van der Waals surface area contributed by atoms with Crippen molar-refractivity contribution >= 4 is 21.7 Å². The van der Waals surface area contributed by atoms with Crippen LogP contribution in [0.25, 0.3) is 21.7 Å². The maximum absolute atomic E-state index is 2.34. The van der Waals surface area contributed by atoms with Gasteiger partial charge in [0.25, 0.3) is 0 Å². The van der Waals surface area contributed by atoms with Crippen LogP contribution in [0.3, 0.4) is 0 Å². The van der Waals surface area contributed by atoms with Crippen molar-refractivity contribution in [3.05, 3.63) is 90.1 Å². The number of rotatable bonds is 2. The smallest absolute Gasteiger partial charge is 0.197 e. The van der Waals surface area contributed by atoms with Gasteiger partial charge in [-0.2, -0.15) is 4.57 Å². The third kappa shape index (κ3) is 2.06. The average Bonchev–Trinajstić information content (AvgIpc) is 2.59. The normalized spacial score (nSPS) is 11.1. The molecule has 0 aliphatic carbocycles. The zero-order chi connectivity index (χ0) is 14.9. The van der Waals surface area contributed by atoms with Crippen molar-refractivity contribution in [2.75, 3.05) is 0 Å². The van der Waals surface area contributed by atoms with Crippen molar-refractivity contribution in [2.45, 2.75) is 6.42 Å². The molecule has 0 radical (unpaired) electrons. The second-order valence-corrected chi connectivity index (χ2v) is 5.73. The molecule has 0 saturated carbocycles. The molecule has 1 nitrogen and oxygen atoms in total. The largest absolute Gasteiger partial charge is 0.213 e. The highest BCUT2D eigenvalue weighted by Gasteiger charge is 2.18. The summed E-state index contributed by atoms with van der Waals surface area (Å²) in [6.07, 6.45) is 0.947. The molecule has 0 atom stereocenters. The Bertz CT molecular complexity index is 955. The third-order valence-electron chi connectivity index (χ3n) is 4.41. The first kappa shape index (κ1) is 13.0. The summed E-state index contributed by atoms with van der Waals surface area (Å²) in [5, 5.41) is 3.99. The summed E-state index contributed by atoms with van der Waals surface area (Å²) in [5.74, 6) is 0. The Hall–Kier alpha value is -2.67. The molecule has 0 unspecified atom stereocenters. The number of nitrogens with zero attached hydrogens (tertiary/aromatic N) is 1. The Balaban J connectivity index is 2.05. The van der Waals surface area contributed by atoms with Crippen molar-refractivity contribution in [1.29, 1.82) is 0 Å². The van der Waals surface area contributed by atoms with E-state index >= 15 is 0 Å². The lowest BCUT2D eigenvalue weighted by molar-refractivity contribution is -0.651. The van der Waals surface area contributed by atoms with Crippen LogP contribution in [0.15, 0.2) is 78.9 Å². The van der Waals surface area contributed by atoms with Crippen LogP contribution in [0.1, 0.15) is 11.3 Å². The van der Waals surface area contributed by atoms with E-state index < -0.39 is 0 Å². The highest BCUT2D eigenvalue weighted by molar-refractivity contribution is 6.04. The second-order valence-electron chi connectivity index (χ2n) is 5.73. The first-order valence-corrected chi connectivity index (χ1v) is 7.67. The van der Waals surface area contributed by atoms with Crippen molar-refractivity contribution in [3.63, 3.8) is 0 Å². The standard InChI is InChI=1S/C21H18N/c1-22-20-14-8-7-12-18(20)17-11-5-6-13-19(17)21(22)15-16-9-3-2-4-10-16/h2-14H,15H2,1H3/q+1. The van der Waals surface area contributed by atoms with Gasteiger partial charge in [0.15, 0.2) is 5.69 Å². The fraction of sp³-hybridized carbons (Fsp3) is 0.0952. The molecule has 1 aromatic heterocycles. The summed E-state index contributed by atoms with van der Waals surface area (Å²) in [7, 11) is 2.17. The molecule has 3 aromatic carbocycles. The highest BCUT2D eigenvalue weighted by atomic mass is 14.9. The molecule has 0 saturated heterocycles. The molecular weight excluding hydrogens is 266 g/mol. The minimum atomic E-state index is 0.947. The van der Waals surface area contributed by atoms with Gasteiger partial charge in [0.1, 0.15) is 7.05 Å². The maximum Gasteiger partial charge on any atom is 0.213 e. The zero-order valence-electron chi connectivity index (χ0n) is 12.7. The van der Waals surface area contributed by atoms with Gasteiger partial charge in [0, 0.05) is 16.8 Å². The number of fused-ring (bicyclic) bond motifs is 3. The predicted molar refractivity (Wildman–Crippen MR) is 91.9 cm³/mol. The minimum Gasteiger partial charge on any atom is -0.197 e. The van der Waals surface area contributed by atoms with Gasteiger partial charge in [-0.1, -0.05) is 60.7 Å². The Kier molecular flexibility index (Phi) is 3.12. The summed E-state index contributed by atoms with van der Waals surface area (Å²) < 4.78 is 2.34. The van der Waals surface area contributed by atoms with Gasteiger partial charge < -0.3 is 0 Å². The summed E-state index contributed by atoms with van der Waals surface area (Å²) in [6, 6.07) is 28.1. The van der Waals surface area contributed by atoms with E-state index in [0.717, 1.165) is 6.42 Å². The van der Waals surface area contributed by atoms with Crippen molar-refractivity contribution in [2.24, 2.45) is 7.05 Å². The molecule has 0 fully saturated rings. The van der Waals surface area contributed by atoms with Crippen LogP contribution < -0.4 is 4.57 Å². The van der Waals surface area contributed by atoms with E-state index in [1.54, 1.807) is 0 Å². The molecule has 0 bridgehead atoms. The third-order valence-corrected chi connectivity index (χ3v) is 4.41. The van der Waals surface area contributed by atoms with Gasteiger partial charge in [-0.3, -0.25) is 0 Å². The molecule has 1 heterocycles. The molecule has 0 spiro atoms. The lowest BCUT2D eigenvalue weighted by atomic mass is 9.99. The number of aryl methyl sites for hydroxylation is 1. The van der Waals surface area contributed by atoms with E-state index in [1.807, 2.05) is 0 Å². The maximum atomic E-state index is 2.34. The summed E-state index contributed by atoms with van der Waals surface area (Å²) in [5.41, 5.74) is 3.99. The van der Waals surface area contributed by atoms with E-state index in [0.29, 0.717) is 0 Å². The molecule has 0 N–H and O–H groups in total. The summed E-state index contributed by atoms with van der Waals surface area (Å²) in [4.78, 5) is 0. The average molecular weight is 284 g/mol. The van der Waals surface area contributed by atoms with Gasteiger partial charge in [-0.05, 0) is 17.7 Å². The lowest BCUT2D eigenvalue weighted by Crippen LogP contribution is -2.35. The Morgan fingerprint density at radius 2 is 1.23 bits per heavy atom. The zero-order valence-corrected chi connectivity index (χ0v) is 12.7. The Morgan fingerprint density at radius 3 is 2.00 bits per heavy atom. The van der Waals surface area contributed by atoms with Crippen LogP contribution in [0.2, 0.25) is 0 Å². The van der Waals surface area contributed by atoms with Gasteiger partial charge in [-0.15, -0.1) is 0 Å². The van der Waals surface area contributed by atoms with Crippen LogP contribution in [0, 0.1) is 0 Å². The molecule has 0 aliphatic heterocycles. The van der Waals surface area contributed by atoms with E-state index in [2.05, 4.69) is 90.5 Å². The van der Waals surface area contributed by atoms with Crippen LogP contribution in [0.4, 0.5) is 0 Å². The number of hydrogen-bond acceptors (Lipinski definition) is 0. The lowest BCUT2D eigenvalue weighted by Gasteiger charge is -2.09. The highest BCUT2D eigenvalue weighted by Crippen LogP contribution is 2.26. The van der Waals surface area contributed by atoms with Crippen LogP contribution in [0.5, 0.6) is 0 Å². The minimum absolute atomic E-state index is 0.947. The Labute approximate surface area is 130 Å². The molecule has 4 aromatic rings. The van der Waals surface area contributed by atoms with Gasteiger partial charge in [0.2, 0.25) is 5.52 Å². The van der Waals surface area contributed by atoms with Crippen LogP contribution >= 0.6 is 0 Å². The number of aromatic nitrogens is 1. The number of para-hydroxylation sites is 1. The molecule has 1 heteroatoms. The van der Waals surface area contributed by atoms with Crippen molar-refractivity contribution in [1.82, 2.24) is 0 Å². The molecular formula is C21H18N+. The van der Waals surface area contributed by atoms with Gasteiger partial charge in [0.05, 0.1) is 11.8 Å². The fourth-order valence-corrected chi connectivity index (χ4v) is 3.29. The number of pyridine rings is 1. The topological polar surface area (TPSA) is 3.88 Å². The quantitative estimate of drug-likeness (QED) is 0.379. The second kappa shape index (κ2) is 5.27. The first-order chi connectivity index (χ1) is 10.8. The molecule has 106 valence electrons. The molecule has 4 rings (SSSR count). The summed E-state index contributed by atoms with van der Waals surface area (Å²) >= 11 is 0. The van der Waals surface area contributed by atoms with E-state index in [-0.39, 0.29) is 0 Å². The molecule has 22 heavy (non-hydrogen) atoms. The van der Waals surface area contributed by atoms with E-state index in [1.165, 1.54) is 32.9 Å². The van der Waals surface area contributed by atoms with Crippen LogP contribution in [-0.2, 0) is 13.5 Å². The monoisotopic (exact) mass is 284 g/mol. The predicted octanol–water partition coefficient (Wildman–Crippen LogP) is 4.41. The fourth-order valence-electron chi connectivity index (χ4n) is 3.29. The number of hydrogen-bond donors (Lipinski definition) is 0. The van der Waals surface area contributed by atoms with E-state index in [9.17, 15) is 0 Å².